The van der Waals surface area contributed by atoms with Crippen molar-refractivity contribution in [1.29, 1.82) is 0 Å². The monoisotopic (exact) mass is 352 g/mol. The van der Waals surface area contributed by atoms with Gasteiger partial charge in [-0.3, -0.25) is 9.69 Å². The second-order valence-electron chi connectivity index (χ2n) is 7.22. The van der Waals surface area contributed by atoms with Crippen molar-refractivity contribution in [2.75, 3.05) is 25.5 Å². The van der Waals surface area contributed by atoms with Gasteiger partial charge in [0, 0.05) is 26.3 Å². The molecular formula is C22H28N2O2. The van der Waals surface area contributed by atoms with Crippen LogP contribution >= 0.6 is 0 Å². The maximum Gasteiger partial charge on any atom is 0.320 e. The number of anilines is 1. The van der Waals surface area contributed by atoms with E-state index in [-0.39, 0.29) is 6.04 Å². The molecule has 1 heterocycles. The van der Waals surface area contributed by atoms with Gasteiger partial charge in [0.05, 0.1) is 6.04 Å². The summed E-state index contributed by atoms with van der Waals surface area (Å²) in [6.07, 6.45) is 2.65. The molecule has 0 aromatic heterocycles. The maximum absolute atomic E-state index is 11.8. The molecule has 2 aromatic carbocycles. The molecule has 1 N–H and O–H groups in total. The molecule has 0 amide bonds. The van der Waals surface area contributed by atoms with Crippen molar-refractivity contribution >= 4 is 11.7 Å². The number of hydrogen-bond acceptors (Lipinski definition) is 3. The molecule has 3 rings (SSSR count). The molecule has 0 spiro atoms. The summed E-state index contributed by atoms with van der Waals surface area (Å²) in [4.78, 5) is 16.0. The van der Waals surface area contributed by atoms with E-state index in [1.165, 1.54) is 5.56 Å². The van der Waals surface area contributed by atoms with Gasteiger partial charge in [-0.2, -0.15) is 0 Å². The normalized spacial score (nSPS) is 18.7. The number of nitrogens with zero attached hydrogens (tertiary/aromatic N) is 2. The van der Waals surface area contributed by atoms with Crippen LogP contribution in [0.3, 0.4) is 0 Å². The average Bonchev–Trinajstić information content (AvgIpc) is 3.12. The zero-order chi connectivity index (χ0) is 18.7. The fraction of sp³-hybridized carbons (Fsp3) is 0.409. The Morgan fingerprint density at radius 1 is 1.12 bits per heavy atom. The van der Waals surface area contributed by atoms with Crippen molar-refractivity contribution in [2.24, 2.45) is 0 Å². The summed E-state index contributed by atoms with van der Waals surface area (Å²) in [6, 6.07) is 16.6. The van der Waals surface area contributed by atoms with E-state index in [1.807, 2.05) is 14.1 Å². The van der Waals surface area contributed by atoms with Gasteiger partial charge in [-0.25, -0.2) is 0 Å². The van der Waals surface area contributed by atoms with Crippen molar-refractivity contribution in [3.05, 3.63) is 65.2 Å². The zero-order valence-corrected chi connectivity index (χ0v) is 15.9. The Morgan fingerprint density at radius 2 is 1.69 bits per heavy atom. The lowest BCUT2D eigenvalue weighted by Crippen LogP contribution is -2.39. The van der Waals surface area contributed by atoms with Gasteiger partial charge in [0.2, 0.25) is 0 Å². The second kappa shape index (κ2) is 7.92. The molecule has 4 heteroatoms. The quantitative estimate of drug-likeness (QED) is 0.855. The lowest BCUT2D eigenvalue weighted by atomic mass is 9.95. The largest absolute Gasteiger partial charge is 0.480 e. The molecule has 2 aromatic rings. The Kier molecular flexibility index (Phi) is 5.62. The summed E-state index contributed by atoms with van der Waals surface area (Å²) < 4.78 is 0. The van der Waals surface area contributed by atoms with Gasteiger partial charge in [-0.15, -0.1) is 0 Å². The van der Waals surface area contributed by atoms with E-state index in [0.717, 1.165) is 36.2 Å². The number of likely N-dealkylation sites (tertiary alicyclic amines) is 1. The first-order valence-corrected chi connectivity index (χ1v) is 9.36. The molecule has 0 saturated carbocycles. The summed E-state index contributed by atoms with van der Waals surface area (Å²) in [5.74, 6) is -0.720. The number of carboxylic acid groups (broad SMARTS) is 1. The fourth-order valence-electron chi connectivity index (χ4n) is 3.83. The minimum Gasteiger partial charge on any atom is -0.480 e. The number of hydrogen-bond donors (Lipinski definition) is 1. The predicted octanol–water partition coefficient (Wildman–Crippen LogP) is 3.95. The molecular weight excluding hydrogens is 324 g/mol. The van der Waals surface area contributed by atoms with E-state index < -0.39 is 12.0 Å². The summed E-state index contributed by atoms with van der Waals surface area (Å²) in [7, 11) is 4.05. The molecule has 2 unspecified atom stereocenters. The molecule has 1 fully saturated rings. The highest BCUT2D eigenvalue weighted by molar-refractivity contribution is 5.74. The van der Waals surface area contributed by atoms with E-state index in [0.29, 0.717) is 6.42 Å². The summed E-state index contributed by atoms with van der Waals surface area (Å²) in [5, 5.41) is 9.68. The predicted molar refractivity (Wildman–Crippen MR) is 106 cm³/mol. The third kappa shape index (κ3) is 3.75. The Labute approximate surface area is 156 Å². The smallest absolute Gasteiger partial charge is 0.320 e. The third-order valence-electron chi connectivity index (χ3n) is 5.34. The Hall–Kier alpha value is -2.33. The number of rotatable bonds is 6. The highest BCUT2D eigenvalue weighted by atomic mass is 16.4. The minimum absolute atomic E-state index is 0.0271. The molecule has 1 aliphatic heterocycles. The number of carbonyl (C=O) groups is 1. The van der Waals surface area contributed by atoms with Gasteiger partial charge < -0.3 is 10.0 Å². The van der Waals surface area contributed by atoms with Crippen LogP contribution in [0.1, 0.15) is 42.5 Å². The number of carboxylic acids is 1. The van der Waals surface area contributed by atoms with E-state index >= 15 is 0 Å². The number of benzene rings is 2. The van der Waals surface area contributed by atoms with E-state index in [2.05, 4.69) is 65.3 Å². The lowest BCUT2D eigenvalue weighted by molar-refractivity contribution is -0.142. The van der Waals surface area contributed by atoms with Crippen molar-refractivity contribution in [3.8, 4) is 0 Å². The molecule has 138 valence electrons. The highest BCUT2D eigenvalue weighted by Crippen LogP contribution is 2.35. The Morgan fingerprint density at radius 3 is 2.19 bits per heavy atom. The third-order valence-corrected chi connectivity index (χ3v) is 5.34. The standard InChI is InChI=1S/C22H28N2O2/c1-4-16-7-9-17(10-8-16)21(24-15-5-6-20(24)22(25)26)18-11-13-19(14-12-18)23(2)3/h7-14,20-21H,4-6,15H2,1-3H3,(H,25,26). The van der Waals surface area contributed by atoms with Crippen LogP contribution in [0.2, 0.25) is 0 Å². The van der Waals surface area contributed by atoms with E-state index in [4.69, 9.17) is 0 Å². The zero-order valence-electron chi connectivity index (χ0n) is 15.9. The Balaban J connectivity index is 2.01. The second-order valence-corrected chi connectivity index (χ2v) is 7.22. The van der Waals surface area contributed by atoms with Crippen LogP contribution in [0.25, 0.3) is 0 Å². The van der Waals surface area contributed by atoms with Gasteiger partial charge in [0.15, 0.2) is 0 Å². The number of aliphatic carboxylic acids is 1. The lowest BCUT2D eigenvalue weighted by Gasteiger charge is -2.32. The topological polar surface area (TPSA) is 43.8 Å². The molecule has 0 bridgehead atoms. The van der Waals surface area contributed by atoms with E-state index in [9.17, 15) is 9.90 Å². The van der Waals surface area contributed by atoms with Gasteiger partial charge >= 0.3 is 5.97 Å². The maximum atomic E-state index is 11.8. The SMILES string of the molecule is CCc1ccc(C(c2ccc(N(C)C)cc2)N2CCCC2C(=O)O)cc1. The van der Waals surface area contributed by atoms with Crippen LogP contribution in [0.15, 0.2) is 48.5 Å². The van der Waals surface area contributed by atoms with Gasteiger partial charge in [-0.05, 0) is 48.1 Å². The first-order chi connectivity index (χ1) is 12.5. The molecule has 2 atom stereocenters. The van der Waals surface area contributed by atoms with Crippen LogP contribution in [0.4, 0.5) is 5.69 Å². The van der Waals surface area contributed by atoms with Gasteiger partial charge in [0.25, 0.3) is 0 Å². The van der Waals surface area contributed by atoms with Crippen molar-refractivity contribution in [3.63, 3.8) is 0 Å². The summed E-state index contributed by atoms with van der Waals surface area (Å²) >= 11 is 0. The molecule has 0 aliphatic carbocycles. The summed E-state index contributed by atoms with van der Waals surface area (Å²) in [5.41, 5.74) is 4.75. The first-order valence-electron chi connectivity index (χ1n) is 9.36. The average molecular weight is 352 g/mol. The molecule has 4 nitrogen and oxygen atoms in total. The van der Waals surface area contributed by atoms with Crippen LogP contribution in [-0.4, -0.2) is 42.7 Å². The van der Waals surface area contributed by atoms with Crippen LogP contribution in [-0.2, 0) is 11.2 Å². The Bertz CT molecular complexity index is 738. The highest BCUT2D eigenvalue weighted by Gasteiger charge is 2.36. The van der Waals surface area contributed by atoms with Gasteiger partial charge in [0.1, 0.15) is 6.04 Å². The molecule has 1 saturated heterocycles. The molecule has 0 radical (unpaired) electrons. The van der Waals surface area contributed by atoms with Crippen molar-refractivity contribution in [1.82, 2.24) is 4.90 Å². The van der Waals surface area contributed by atoms with Crippen molar-refractivity contribution in [2.45, 2.75) is 38.3 Å². The molecule has 26 heavy (non-hydrogen) atoms. The fourth-order valence-corrected chi connectivity index (χ4v) is 3.83. The summed E-state index contributed by atoms with van der Waals surface area (Å²) in [6.45, 7) is 2.96. The molecule has 1 aliphatic rings. The van der Waals surface area contributed by atoms with E-state index in [1.54, 1.807) is 0 Å². The minimum atomic E-state index is -0.720. The van der Waals surface area contributed by atoms with Crippen LogP contribution in [0.5, 0.6) is 0 Å². The van der Waals surface area contributed by atoms with Crippen LogP contribution in [0, 0.1) is 0 Å². The van der Waals surface area contributed by atoms with Crippen LogP contribution < -0.4 is 4.90 Å². The van der Waals surface area contributed by atoms with Crippen molar-refractivity contribution < 1.29 is 9.90 Å². The van der Waals surface area contributed by atoms with Gasteiger partial charge in [-0.1, -0.05) is 43.3 Å². The number of aryl methyl sites for hydroxylation is 1. The first kappa shape index (κ1) is 18.5.